The van der Waals surface area contributed by atoms with Crippen molar-refractivity contribution in [3.05, 3.63) is 29.8 Å². The van der Waals surface area contributed by atoms with Crippen molar-refractivity contribution < 1.29 is 9.84 Å². The quantitative estimate of drug-likeness (QED) is 0.716. The molecule has 0 atom stereocenters. The van der Waals surface area contributed by atoms with Gasteiger partial charge in [0.25, 0.3) is 0 Å². The van der Waals surface area contributed by atoms with E-state index in [1.54, 1.807) is 0 Å². The van der Waals surface area contributed by atoms with Gasteiger partial charge in [-0.2, -0.15) is 0 Å². The van der Waals surface area contributed by atoms with E-state index in [4.69, 9.17) is 27.8 Å². The van der Waals surface area contributed by atoms with Gasteiger partial charge in [-0.1, -0.05) is 30.4 Å². The van der Waals surface area contributed by atoms with Gasteiger partial charge in [-0.3, -0.25) is 0 Å². The van der Waals surface area contributed by atoms with Crippen LogP contribution in [0.15, 0.2) is 24.3 Å². The second-order valence-corrected chi connectivity index (χ2v) is 3.67. The molecular formula is C11H15NO2S. The summed E-state index contributed by atoms with van der Waals surface area (Å²) in [6, 6.07) is 7.64. The van der Waals surface area contributed by atoms with Crippen LogP contribution in [0, 0.1) is 0 Å². The van der Waals surface area contributed by atoms with Crippen LogP contribution >= 0.6 is 12.2 Å². The van der Waals surface area contributed by atoms with Gasteiger partial charge in [0.1, 0.15) is 5.75 Å². The normalized spacial score (nSPS) is 9.93. The van der Waals surface area contributed by atoms with Gasteiger partial charge in [0, 0.05) is 13.0 Å². The Labute approximate surface area is 94.9 Å². The van der Waals surface area contributed by atoms with E-state index in [0.29, 0.717) is 24.4 Å². The van der Waals surface area contributed by atoms with Crippen LogP contribution in [0.2, 0.25) is 0 Å². The van der Waals surface area contributed by atoms with E-state index in [1.165, 1.54) is 0 Å². The third-order valence-corrected chi connectivity index (χ3v) is 2.16. The van der Waals surface area contributed by atoms with E-state index >= 15 is 0 Å². The van der Waals surface area contributed by atoms with Gasteiger partial charge in [-0.25, -0.2) is 0 Å². The zero-order valence-corrected chi connectivity index (χ0v) is 9.30. The fraction of sp³-hybridized carbons (Fsp3) is 0.364. The number of hydrogen-bond acceptors (Lipinski definition) is 3. The Hall–Kier alpha value is -1.13. The number of nitrogens with two attached hydrogens (primary N) is 1. The third kappa shape index (κ3) is 4.27. The van der Waals surface area contributed by atoms with Crippen LogP contribution in [0.4, 0.5) is 0 Å². The molecule has 0 unspecified atom stereocenters. The average molecular weight is 225 g/mol. The number of aliphatic hydroxyl groups is 1. The van der Waals surface area contributed by atoms with Gasteiger partial charge < -0.3 is 15.6 Å². The highest BCUT2D eigenvalue weighted by Gasteiger charge is 2.01. The van der Waals surface area contributed by atoms with Crippen LogP contribution in [0.5, 0.6) is 5.75 Å². The molecule has 0 aromatic heterocycles. The van der Waals surface area contributed by atoms with Crippen molar-refractivity contribution in [3.8, 4) is 5.75 Å². The number of benzene rings is 1. The predicted octanol–water partition coefficient (Wildman–Crippen LogP) is 1.28. The Morgan fingerprint density at radius 3 is 2.80 bits per heavy atom. The first-order chi connectivity index (χ1) is 7.24. The largest absolute Gasteiger partial charge is 0.493 e. The van der Waals surface area contributed by atoms with Gasteiger partial charge in [0.05, 0.1) is 11.6 Å². The maximum absolute atomic E-state index is 8.86. The van der Waals surface area contributed by atoms with Crippen molar-refractivity contribution in [2.45, 2.75) is 12.8 Å². The molecular weight excluding hydrogens is 210 g/mol. The molecule has 1 aromatic rings. The van der Waals surface area contributed by atoms with E-state index in [-0.39, 0.29) is 6.61 Å². The lowest BCUT2D eigenvalue weighted by Gasteiger charge is -2.09. The Kier molecular flexibility index (Phi) is 5.07. The second kappa shape index (κ2) is 6.37. The topological polar surface area (TPSA) is 55.5 Å². The van der Waals surface area contributed by atoms with E-state index in [9.17, 15) is 0 Å². The molecule has 3 N–H and O–H groups in total. The molecule has 1 aromatic carbocycles. The Morgan fingerprint density at radius 1 is 1.40 bits per heavy atom. The molecule has 0 radical (unpaired) electrons. The second-order valence-electron chi connectivity index (χ2n) is 3.15. The minimum absolute atomic E-state index is 0.121. The summed E-state index contributed by atoms with van der Waals surface area (Å²) in [6.07, 6.45) is 1.17. The van der Waals surface area contributed by atoms with Gasteiger partial charge >= 0.3 is 0 Å². The summed E-state index contributed by atoms with van der Waals surface area (Å²) in [7, 11) is 0. The first-order valence-corrected chi connectivity index (χ1v) is 5.24. The molecule has 3 nitrogen and oxygen atoms in total. The number of para-hydroxylation sites is 1. The minimum Gasteiger partial charge on any atom is -0.493 e. The van der Waals surface area contributed by atoms with Crippen LogP contribution in [0.3, 0.4) is 0 Å². The van der Waals surface area contributed by atoms with Crippen molar-refractivity contribution in [3.63, 3.8) is 0 Å². The monoisotopic (exact) mass is 225 g/mol. The zero-order chi connectivity index (χ0) is 11.1. The number of hydrogen-bond donors (Lipinski definition) is 2. The van der Waals surface area contributed by atoms with Crippen molar-refractivity contribution in [1.29, 1.82) is 0 Å². The predicted molar refractivity (Wildman–Crippen MR) is 64.1 cm³/mol. The summed E-state index contributed by atoms with van der Waals surface area (Å²) in [5.41, 5.74) is 6.37. The first kappa shape index (κ1) is 11.9. The minimum atomic E-state index is 0.121. The molecule has 0 aliphatic rings. The van der Waals surface area contributed by atoms with Crippen molar-refractivity contribution in [2.75, 3.05) is 13.2 Å². The molecule has 0 amide bonds. The van der Waals surface area contributed by atoms with Gasteiger partial charge in [-0.05, 0) is 18.1 Å². The summed E-state index contributed by atoms with van der Waals surface area (Å²) in [4.78, 5) is 0.453. The Balaban J connectivity index is 2.55. The summed E-state index contributed by atoms with van der Waals surface area (Å²) >= 11 is 4.75. The smallest absolute Gasteiger partial charge is 0.122 e. The maximum atomic E-state index is 8.86. The van der Waals surface area contributed by atoms with Gasteiger partial charge in [0.2, 0.25) is 0 Å². The molecule has 0 saturated carbocycles. The molecule has 0 heterocycles. The molecule has 0 saturated heterocycles. The summed E-state index contributed by atoms with van der Waals surface area (Å²) in [5.74, 6) is 0.794. The molecule has 0 aliphatic carbocycles. The summed E-state index contributed by atoms with van der Waals surface area (Å²) in [6.45, 7) is 0.605. The molecule has 0 fully saturated rings. The maximum Gasteiger partial charge on any atom is 0.122 e. The highest BCUT2D eigenvalue weighted by Crippen LogP contribution is 2.18. The summed E-state index contributed by atoms with van der Waals surface area (Å²) in [5, 5.41) is 8.86. The van der Waals surface area contributed by atoms with E-state index < -0.39 is 0 Å². The van der Waals surface area contributed by atoms with Crippen LogP contribution < -0.4 is 10.5 Å². The van der Waals surface area contributed by atoms with E-state index in [2.05, 4.69) is 0 Å². The van der Waals surface area contributed by atoms with Crippen molar-refractivity contribution >= 4 is 17.2 Å². The van der Waals surface area contributed by atoms with E-state index in [0.717, 1.165) is 11.3 Å². The SMILES string of the molecule is NC(=S)CCOc1ccccc1CCO. The van der Waals surface area contributed by atoms with Crippen LogP contribution in [0.25, 0.3) is 0 Å². The molecule has 0 spiro atoms. The third-order valence-electron chi connectivity index (χ3n) is 1.96. The Morgan fingerprint density at radius 2 is 2.13 bits per heavy atom. The van der Waals surface area contributed by atoms with E-state index in [1.807, 2.05) is 24.3 Å². The lowest BCUT2D eigenvalue weighted by molar-refractivity contribution is 0.291. The molecule has 82 valence electrons. The molecule has 4 heteroatoms. The molecule has 15 heavy (non-hydrogen) atoms. The highest BCUT2D eigenvalue weighted by atomic mass is 32.1. The van der Waals surface area contributed by atoms with Crippen LogP contribution in [-0.4, -0.2) is 23.3 Å². The van der Waals surface area contributed by atoms with Crippen molar-refractivity contribution in [1.82, 2.24) is 0 Å². The Bertz CT molecular complexity index is 328. The van der Waals surface area contributed by atoms with Gasteiger partial charge in [-0.15, -0.1) is 0 Å². The number of rotatable bonds is 6. The van der Waals surface area contributed by atoms with Crippen molar-refractivity contribution in [2.24, 2.45) is 5.73 Å². The molecule has 1 rings (SSSR count). The molecule has 0 aliphatic heterocycles. The average Bonchev–Trinajstić information content (AvgIpc) is 2.20. The standard InChI is InChI=1S/C11H15NO2S/c12-11(15)6-8-14-10-4-2-1-3-9(10)5-7-13/h1-4,13H,5-8H2,(H2,12,15). The fourth-order valence-electron chi connectivity index (χ4n) is 1.23. The summed E-state index contributed by atoms with van der Waals surface area (Å²) < 4.78 is 5.52. The highest BCUT2D eigenvalue weighted by molar-refractivity contribution is 7.80. The zero-order valence-electron chi connectivity index (χ0n) is 8.48. The van der Waals surface area contributed by atoms with Crippen LogP contribution in [0.1, 0.15) is 12.0 Å². The number of aliphatic hydroxyl groups excluding tert-OH is 1. The first-order valence-electron chi connectivity index (χ1n) is 4.84. The number of ether oxygens (including phenoxy) is 1. The molecule has 0 bridgehead atoms. The lowest BCUT2D eigenvalue weighted by atomic mass is 10.1. The fourth-order valence-corrected chi connectivity index (χ4v) is 1.32. The number of thiocarbonyl (C=S) groups is 1. The van der Waals surface area contributed by atoms with Crippen LogP contribution in [-0.2, 0) is 6.42 Å². The van der Waals surface area contributed by atoms with Gasteiger partial charge in [0.15, 0.2) is 0 Å². The lowest BCUT2D eigenvalue weighted by Crippen LogP contribution is -2.13.